The molecule has 3 heteroatoms. The van der Waals surface area contributed by atoms with Crippen LogP contribution in [0.5, 0.6) is 0 Å². The summed E-state index contributed by atoms with van der Waals surface area (Å²) >= 11 is 0. The molecule has 2 aromatic rings. The van der Waals surface area contributed by atoms with E-state index in [9.17, 15) is 0 Å². The van der Waals surface area contributed by atoms with Gasteiger partial charge in [0.2, 0.25) is 0 Å². The average molecular weight is 350 g/mol. The molecule has 0 aliphatic carbocycles. The lowest BCUT2D eigenvalue weighted by Crippen LogP contribution is -2.37. The van der Waals surface area contributed by atoms with Crippen molar-refractivity contribution in [3.8, 4) is 0 Å². The van der Waals surface area contributed by atoms with Gasteiger partial charge in [-0.1, -0.05) is 72.8 Å². The van der Waals surface area contributed by atoms with Crippen LogP contribution in [0.15, 0.2) is 72.8 Å². The van der Waals surface area contributed by atoms with E-state index >= 15 is 0 Å². The van der Waals surface area contributed by atoms with Gasteiger partial charge >= 0.3 is 0 Å². The van der Waals surface area contributed by atoms with Crippen LogP contribution in [-0.4, -0.2) is 24.9 Å². The molecular weight excluding hydrogens is 324 g/mol. The Bertz CT molecular complexity index is 728. The van der Waals surface area contributed by atoms with Crippen molar-refractivity contribution in [2.75, 3.05) is 13.2 Å². The molecule has 26 heavy (non-hydrogen) atoms. The Balaban J connectivity index is 1.33. The molecule has 2 aliphatic rings. The molecule has 2 aliphatic heterocycles. The van der Waals surface area contributed by atoms with E-state index in [1.54, 1.807) is 0 Å². The molecule has 1 saturated heterocycles. The van der Waals surface area contributed by atoms with Crippen molar-refractivity contribution in [1.29, 1.82) is 0 Å². The topological polar surface area (TPSA) is 27.7 Å². The number of hydrogen-bond acceptors (Lipinski definition) is 3. The molecule has 2 aromatic carbocycles. The Morgan fingerprint density at radius 2 is 1.42 bits per heavy atom. The molecule has 0 amide bonds. The van der Waals surface area contributed by atoms with E-state index in [1.165, 1.54) is 11.1 Å². The fourth-order valence-electron chi connectivity index (χ4n) is 4.02. The van der Waals surface area contributed by atoms with Gasteiger partial charge < -0.3 is 14.2 Å². The molecule has 0 unspecified atom stereocenters. The van der Waals surface area contributed by atoms with Crippen molar-refractivity contribution in [3.63, 3.8) is 0 Å². The lowest BCUT2D eigenvalue weighted by atomic mass is 9.77. The predicted octanol–water partition coefficient (Wildman–Crippen LogP) is 4.38. The molecule has 0 aromatic heterocycles. The molecule has 0 spiro atoms. The monoisotopic (exact) mass is 350 g/mol. The first-order valence-corrected chi connectivity index (χ1v) is 9.35. The van der Waals surface area contributed by atoms with Crippen molar-refractivity contribution in [2.45, 2.75) is 31.8 Å². The Morgan fingerprint density at radius 3 is 2.04 bits per heavy atom. The Hall–Kier alpha value is -1.94. The third-order valence-electron chi connectivity index (χ3n) is 5.51. The predicted molar refractivity (Wildman–Crippen MR) is 102 cm³/mol. The van der Waals surface area contributed by atoms with Crippen LogP contribution in [0, 0.1) is 11.8 Å². The Kier molecular flexibility index (Phi) is 5.21. The second kappa shape index (κ2) is 7.75. The summed E-state index contributed by atoms with van der Waals surface area (Å²) in [5, 5.41) is 0. The smallest absolute Gasteiger partial charge is 0.0898 e. The van der Waals surface area contributed by atoms with E-state index in [0.717, 1.165) is 0 Å². The molecular formula is C23H26O3. The summed E-state index contributed by atoms with van der Waals surface area (Å²) in [6.07, 6.45) is 4.52. The molecule has 2 heterocycles. The summed E-state index contributed by atoms with van der Waals surface area (Å²) in [5.41, 5.74) is 2.17. The van der Waals surface area contributed by atoms with Crippen molar-refractivity contribution in [3.05, 3.63) is 83.9 Å². The van der Waals surface area contributed by atoms with Crippen LogP contribution in [0.1, 0.15) is 18.1 Å². The minimum Gasteiger partial charge on any atom is -0.376 e. The van der Waals surface area contributed by atoms with Crippen LogP contribution in [0.4, 0.5) is 0 Å². The van der Waals surface area contributed by atoms with Crippen molar-refractivity contribution >= 4 is 0 Å². The molecule has 4 rings (SSSR count). The fraction of sp³-hybridized carbons (Fsp3) is 0.391. The molecule has 136 valence electrons. The van der Waals surface area contributed by atoms with Gasteiger partial charge in [0.25, 0.3) is 0 Å². The summed E-state index contributed by atoms with van der Waals surface area (Å²) in [6.45, 7) is 4.82. The van der Waals surface area contributed by atoms with E-state index < -0.39 is 0 Å². The number of benzene rings is 2. The molecule has 4 atom stereocenters. The zero-order valence-electron chi connectivity index (χ0n) is 15.2. The van der Waals surface area contributed by atoms with Crippen LogP contribution in [-0.2, 0) is 27.4 Å². The third-order valence-corrected chi connectivity index (χ3v) is 5.51. The summed E-state index contributed by atoms with van der Waals surface area (Å²) in [5.74, 6) is 0.654. The largest absolute Gasteiger partial charge is 0.376 e. The molecule has 1 fully saturated rings. The highest BCUT2D eigenvalue weighted by Gasteiger charge is 2.53. The van der Waals surface area contributed by atoms with Gasteiger partial charge in [-0.05, 0) is 18.1 Å². The minimum absolute atomic E-state index is 0.140. The zero-order valence-corrected chi connectivity index (χ0v) is 15.2. The van der Waals surface area contributed by atoms with Crippen molar-refractivity contribution in [1.82, 2.24) is 0 Å². The number of hydrogen-bond donors (Lipinski definition) is 0. The first-order valence-electron chi connectivity index (χ1n) is 9.35. The summed E-state index contributed by atoms with van der Waals surface area (Å²) in [7, 11) is 0. The van der Waals surface area contributed by atoms with Crippen LogP contribution < -0.4 is 0 Å². The third kappa shape index (κ3) is 3.75. The molecule has 0 saturated carbocycles. The van der Waals surface area contributed by atoms with E-state index in [-0.39, 0.29) is 11.7 Å². The highest BCUT2D eigenvalue weighted by atomic mass is 16.5. The van der Waals surface area contributed by atoms with E-state index in [4.69, 9.17) is 14.2 Å². The summed E-state index contributed by atoms with van der Waals surface area (Å²) < 4.78 is 18.3. The van der Waals surface area contributed by atoms with Crippen molar-refractivity contribution in [2.24, 2.45) is 11.8 Å². The molecule has 0 radical (unpaired) electrons. The average Bonchev–Trinajstić information content (AvgIpc) is 3.18. The Labute approximate surface area is 155 Å². The number of rotatable bonds is 8. The lowest BCUT2D eigenvalue weighted by molar-refractivity contribution is -0.00530. The van der Waals surface area contributed by atoms with Gasteiger partial charge in [0.1, 0.15) is 0 Å². The van der Waals surface area contributed by atoms with E-state index in [0.29, 0.717) is 38.3 Å². The van der Waals surface area contributed by atoms with Crippen molar-refractivity contribution < 1.29 is 14.2 Å². The maximum atomic E-state index is 6.22. The number of fused-ring (bicyclic) bond motifs is 2. The molecule has 2 bridgehead atoms. The maximum absolute atomic E-state index is 6.22. The summed E-state index contributed by atoms with van der Waals surface area (Å²) in [4.78, 5) is 0. The minimum atomic E-state index is -0.234. The quantitative estimate of drug-likeness (QED) is 0.661. The summed E-state index contributed by atoms with van der Waals surface area (Å²) in [6, 6.07) is 20.6. The lowest BCUT2D eigenvalue weighted by Gasteiger charge is -2.30. The van der Waals surface area contributed by atoms with Crippen LogP contribution in [0.2, 0.25) is 0 Å². The van der Waals surface area contributed by atoms with Gasteiger partial charge in [0, 0.05) is 11.8 Å². The van der Waals surface area contributed by atoms with E-state index in [2.05, 4.69) is 43.3 Å². The van der Waals surface area contributed by atoms with Gasteiger partial charge in [0.15, 0.2) is 0 Å². The van der Waals surface area contributed by atoms with Gasteiger partial charge in [-0.2, -0.15) is 0 Å². The first-order chi connectivity index (χ1) is 12.7. The van der Waals surface area contributed by atoms with Gasteiger partial charge in [-0.15, -0.1) is 0 Å². The second-order valence-corrected chi connectivity index (χ2v) is 7.40. The SMILES string of the molecule is C[C@@]12C=C[C@@H](O1)[C@@H](COCc1ccccc1)[C@H]2COCc1ccccc1. The van der Waals surface area contributed by atoms with Gasteiger partial charge in [0.05, 0.1) is 38.1 Å². The standard InChI is InChI=1S/C23H26O3/c1-23-13-12-22(26-23)20(16-24-14-18-8-4-2-5-9-18)21(23)17-25-15-19-10-6-3-7-11-19/h2-13,20-22H,14-17H2,1H3/t20-,21+,22+,23-/m0/s1. The van der Waals surface area contributed by atoms with Crippen LogP contribution in [0.25, 0.3) is 0 Å². The maximum Gasteiger partial charge on any atom is 0.0898 e. The van der Waals surface area contributed by atoms with E-state index in [1.807, 2.05) is 36.4 Å². The highest BCUT2D eigenvalue weighted by molar-refractivity contribution is 5.22. The molecule has 3 nitrogen and oxygen atoms in total. The number of ether oxygens (including phenoxy) is 3. The van der Waals surface area contributed by atoms with Crippen LogP contribution in [0.3, 0.4) is 0 Å². The first kappa shape index (κ1) is 17.5. The van der Waals surface area contributed by atoms with Gasteiger partial charge in [-0.3, -0.25) is 0 Å². The van der Waals surface area contributed by atoms with Gasteiger partial charge in [-0.25, -0.2) is 0 Å². The molecule has 0 N–H and O–H groups in total. The highest BCUT2D eigenvalue weighted by Crippen LogP contribution is 2.47. The zero-order chi connectivity index (χ0) is 17.8. The Morgan fingerprint density at radius 1 is 0.846 bits per heavy atom. The van der Waals surface area contributed by atoms with Crippen LogP contribution >= 0.6 is 0 Å². The fourth-order valence-corrected chi connectivity index (χ4v) is 4.02. The normalized spacial score (nSPS) is 29.3. The second-order valence-electron chi connectivity index (χ2n) is 7.40.